The van der Waals surface area contributed by atoms with Crippen LogP contribution in [-0.2, 0) is 12.6 Å². The molecule has 1 N–H and O–H groups in total. The van der Waals surface area contributed by atoms with Crippen molar-refractivity contribution in [3.63, 3.8) is 0 Å². The van der Waals surface area contributed by atoms with E-state index >= 15 is 0 Å². The summed E-state index contributed by atoms with van der Waals surface area (Å²) in [6, 6.07) is 5.53. The Hall–Kier alpha value is -1.03. The molecule has 0 radical (unpaired) electrons. The minimum atomic E-state index is -4.35. The first-order valence-corrected chi connectivity index (χ1v) is 6.28. The predicted octanol–water partition coefficient (Wildman–Crippen LogP) is 3.94. The van der Waals surface area contributed by atoms with E-state index in [1.54, 1.807) is 6.07 Å². The van der Waals surface area contributed by atoms with Crippen LogP contribution in [0.2, 0.25) is 0 Å². The summed E-state index contributed by atoms with van der Waals surface area (Å²) in [4.78, 5) is 0. The largest absolute Gasteiger partial charge is 0.416 e. The fraction of sp³-hybridized carbons (Fsp3) is 0.571. The van der Waals surface area contributed by atoms with Crippen molar-refractivity contribution in [2.45, 2.75) is 50.3 Å². The van der Waals surface area contributed by atoms with Crippen LogP contribution in [0.25, 0.3) is 0 Å². The van der Waals surface area contributed by atoms with E-state index in [9.17, 15) is 18.3 Å². The molecule has 1 aromatic rings. The smallest absolute Gasteiger partial charge is 0.390 e. The molecule has 0 unspecified atom stereocenters. The Balaban J connectivity index is 2.23. The van der Waals surface area contributed by atoms with Crippen LogP contribution in [0.4, 0.5) is 13.2 Å². The molecule has 0 aromatic heterocycles. The molecule has 0 heterocycles. The van der Waals surface area contributed by atoms with Crippen molar-refractivity contribution in [3.05, 3.63) is 35.4 Å². The summed E-state index contributed by atoms with van der Waals surface area (Å²) in [6.45, 7) is 0. The van der Waals surface area contributed by atoms with Gasteiger partial charge in [-0.05, 0) is 24.5 Å². The molecule has 0 spiro atoms. The normalized spacial score (nSPS) is 19.8. The van der Waals surface area contributed by atoms with Gasteiger partial charge in [0.05, 0.1) is 11.2 Å². The van der Waals surface area contributed by atoms with E-state index in [0.29, 0.717) is 12.8 Å². The maximum absolute atomic E-state index is 12.8. The summed E-state index contributed by atoms with van der Waals surface area (Å²) in [5.74, 6) is 0. The molecule has 2 rings (SSSR count). The first kappa shape index (κ1) is 13.4. The van der Waals surface area contributed by atoms with Gasteiger partial charge >= 0.3 is 6.18 Å². The zero-order valence-corrected chi connectivity index (χ0v) is 10.1. The van der Waals surface area contributed by atoms with E-state index in [1.165, 1.54) is 12.1 Å². The van der Waals surface area contributed by atoms with Crippen molar-refractivity contribution in [2.75, 3.05) is 0 Å². The number of benzene rings is 1. The Bertz CT molecular complexity index is 406. The molecule has 0 atom stereocenters. The van der Waals surface area contributed by atoms with E-state index in [4.69, 9.17) is 0 Å². The maximum atomic E-state index is 12.8. The van der Waals surface area contributed by atoms with E-state index in [0.717, 1.165) is 25.3 Å². The van der Waals surface area contributed by atoms with Crippen molar-refractivity contribution >= 4 is 0 Å². The lowest BCUT2D eigenvalue weighted by molar-refractivity contribution is -0.138. The molecule has 4 heteroatoms. The summed E-state index contributed by atoms with van der Waals surface area (Å²) in [7, 11) is 0. The van der Waals surface area contributed by atoms with Crippen LogP contribution >= 0.6 is 0 Å². The second-order valence-electron chi connectivity index (χ2n) is 5.12. The SMILES string of the molecule is OC1(Cc2ccccc2C(F)(F)F)CCCCC1. The van der Waals surface area contributed by atoms with Gasteiger partial charge in [0.25, 0.3) is 0 Å². The van der Waals surface area contributed by atoms with Crippen LogP contribution in [0, 0.1) is 0 Å². The molecule has 100 valence electrons. The number of halogens is 3. The van der Waals surface area contributed by atoms with Crippen LogP contribution < -0.4 is 0 Å². The highest BCUT2D eigenvalue weighted by Gasteiger charge is 2.36. The Morgan fingerprint density at radius 3 is 2.28 bits per heavy atom. The Morgan fingerprint density at radius 2 is 1.67 bits per heavy atom. The molecule has 0 aliphatic heterocycles. The summed E-state index contributed by atoms with van der Waals surface area (Å²) >= 11 is 0. The quantitative estimate of drug-likeness (QED) is 0.851. The van der Waals surface area contributed by atoms with Crippen LogP contribution in [-0.4, -0.2) is 10.7 Å². The summed E-state index contributed by atoms with van der Waals surface area (Å²) in [6.07, 6.45) is -0.207. The van der Waals surface area contributed by atoms with Crippen molar-refractivity contribution in [1.82, 2.24) is 0 Å². The minimum Gasteiger partial charge on any atom is -0.390 e. The van der Waals surface area contributed by atoms with Crippen molar-refractivity contribution in [3.8, 4) is 0 Å². The van der Waals surface area contributed by atoms with Gasteiger partial charge in [0.15, 0.2) is 0 Å². The van der Waals surface area contributed by atoms with Gasteiger partial charge in [-0.25, -0.2) is 0 Å². The number of aliphatic hydroxyl groups is 1. The van der Waals surface area contributed by atoms with Gasteiger partial charge in [-0.3, -0.25) is 0 Å². The van der Waals surface area contributed by atoms with Crippen LogP contribution in [0.5, 0.6) is 0 Å². The van der Waals surface area contributed by atoms with E-state index in [2.05, 4.69) is 0 Å². The summed E-state index contributed by atoms with van der Waals surface area (Å²) in [5, 5.41) is 10.3. The van der Waals surface area contributed by atoms with Gasteiger partial charge in [0, 0.05) is 6.42 Å². The average Bonchev–Trinajstić information content (AvgIpc) is 2.28. The van der Waals surface area contributed by atoms with Gasteiger partial charge < -0.3 is 5.11 Å². The number of alkyl halides is 3. The third-order valence-electron chi connectivity index (χ3n) is 3.63. The molecular weight excluding hydrogens is 241 g/mol. The van der Waals surface area contributed by atoms with Gasteiger partial charge in [-0.2, -0.15) is 13.2 Å². The van der Waals surface area contributed by atoms with Gasteiger partial charge in [0.2, 0.25) is 0 Å². The van der Waals surface area contributed by atoms with Crippen molar-refractivity contribution < 1.29 is 18.3 Å². The molecule has 18 heavy (non-hydrogen) atoms. The first-order valence-electron chi connectivity index (χ1n) is 6.28. The Morgan fingerprint density at radius 1 is 1.06 bits per heavy atom. The van der Waals surface area contributed by atoms with E-state index in [1.807, 2.05) is 0 Å². The van der Waals surface area contributed by atoms with E-state index in [-0.39, 0.29) is 12.0 Å². The molecular formula is C14H17F3O. The molecule has 0 saturated heterocycles. The monoisotopic (exact) mass is 258 g/mol. The average molecular weight is 258 g/mol. The molecule has 1 fully saturated rings. The number of hydrogen-bond acceptors (Lipinski definition) is 1. The number of hydrogen-bond donors (Lipinski definition) is 1. The standard InChI is InChI=1S/C14H17F3O/c15-14(16,17)12-7-3-2-6-11(12)10-13(18)8-4-1-5-9-13/h2-3,6-7,18H,1,4-5,8-10H2. The predicted molar refractivity (Wildman–Crippen MR) is 63.2 cm³/mol. The van der Waals surface area contributed by atoms with Gasteiger partial charge in [0.1, 0.15) is 0 Å². The van der Waals surface area contributed by atoms with Crippen LogP contribution in [0.3, 0.4) is 0 Å². The Kier molecular flexibility index (Phi) is 3.66. The summed E-state index contributed by atoms with van der Waals surface area (Å²) < 4.78 is 38.5. The Labute approximate surface area is 105 Å². The fourth-order valence-corrected chi connectivity index (χ4v) is 2.69. The highest BCUT2D eigenvalue weighted by atomic mass is 19.4. The molecule has 0 amide bonds. The molecule has 0 bridgehead atoms. The highest BCUT2D eigenvalue weighted by molar-refractivity contribution is 5.31. The molecule has 1 nitrogen and oxygen atoms in total. The lowest BCUT2D eigenvalue weighted by Crippen LogP contribution is -2.34. The molecule has 1 aliphatic rings. The van der Waals surface area contributed by atoms with Gasteiger partial charge in [-0.1, -0.05) is 37.5 Å². The highest BCUT2D eigenvalue weighted by Crippen LogP contribution is 2.36. The lowest BCUT2D eigenvalue weighted by Gasteiger charge is -2.32. The second-order valence-corrected chi connectivity index (χ2v) is 5.12. The van der Waals surface area contributed by atoms with Crippen LogP contribution in [0.15, 0.2) is 24.3 Å². The van der Waals surface area contributed by atoms with Gasteiger partial charge in [-0.15, -0.1) is 0 Å². The van der Waals surface area contributed by atoms with Crippen molar-refractivity contribution in [2.24, 2.45) is 0 Å². The zero-order chi connectivity index (χ0) is 13.2. The van der Waals surface area contributed by atoms with Crippen LogP contribution in [0.1, 0.15) is 43.2 Å². The molecule has 1 saturated carbocycles. The zero-order valence-electron chi connectivity index (χ0n) is 10.1. The number of rotatable bonds is 2. The lowest BCUT2D eigenvalue weighted by atomic mass is 9.80. The summed E-state index contributed by atoms with van der Waals surface area (Å²) in [5.41, 5.74) is -1.38. The van der Waals surface area contributed by atoms with Crippen molar-refractivity contribution in [1.29, 1.82) is 0 Å². The third kappa shape index (κ3) is 3.05. The maximum Gasteiger partial charge on any atom is 0.416 e. The third-order valence-corrected chi connectivity index (χ3v) is 3.63. The topological polar surface area (TPSA) is 20.2 Å². The first-order chi connectivity index (χ1) is 8.41. The molecule has 1 aliphatic carbocycles. The van der Waals surface area contributed by atoms with E-state index < -0.39 is 17.3 Å². The minimum absolute atomic E-state index is 0.0999. The fourth-order valence-electron chi connectivity index (χ4n) is 2.69. The molecule has 1 aromatic carbocycles. The second kappa shape index (κ2) is 4.92.